The highest BCUT2D eigenvalue weighted by Gasteiger charge is 2.28. The molecule has 29 heavy (non-hydrogen) atoms. The summed E-state index contributed by atoms with van der Waals surface area (Å²) >= 11 is 0. The molecule has 0 N–H and O–H groups in total. The largest absolute Gasteiger partial charge is 0.455 e. The molecule has 0 unspecified atom stereocenters. The molecule has 0 aliphatic carbocycles. The van der Waals surface area contributed by atoms with Gasteiger partial charge in [-0.25, -0.2) is 13.2 Å². The van der Waals surface area contributed by atoms with Crippen molar-refractivity contribution in [1.82, 2.24) is 14.8 Å². The van der Waals surface area contributed by atoms with Gasteiger partial charge in [0.25, 0.3) is 0 Å². The van der Waals surface area contributed by atoms with Crippen molar-refractivity contribution in [3.8, 4) is 22.4 Å². The molecular weight excluding hydrogens is 390 g/mol. The highest BCUT2D eigenvalue weighted by Crippen LogP contribution is 2.35. The summed E-state index contributed by atoms with van der Waals surface area (Å²) in [5.41, 5.74) is 2.23. The molecule has 0 bridgehead atoms. The van der Waals surface area contributed by atoms with E-state index < -0.39 is 21.4 Å². The average Bonchev–Trinajstić information content (AvgIpc) is 2.98. The summed E-state index contributed by atoms with van der Waals surface area (Å²) < 4.78 is 30.7. The second kappa shape index (κ2) is 7.44. The lowest BCUT2D eigenvalue weighted by molar-refractivity contribution is 0.00585. The maximum absolute atomic E-state index is 13.0. The Hall–Kier alpha value is -3.00. The van der Waals surface area contributed by atoms with Crippen LogP contribution in [0, 0.1) is 0 Å². The van der Waals surface area contributed by atoms with Crippen molar-refractivity contribution in [2.45, 2.75) is 31.3 Å². The Bertz CT molecular complexity index is 1140. The van der Waals surface area contributed by atoms with Crippen LogP contribution in [0.5, 0.6) is 0 Å². The molecule has 0 saturated carbocycles. The Morgan fingerprint density at radius 1 is 1.00 bits per heavy atom. The molecule has 0 aliphatic heterocycles. The molecule has 0 radical (unpaired) electrons. The highest BCUT2D eigenvalue weighted by atomic mass is 32.2. The fourth-order valence-electron chi connectivity index (χ4n) is 2.94. The Balaban J connectivity index is 2.23. The van der Waals surface area contributed by atoms with Crippen LogP contribution in [0.4, 0.5) is 0 Å². The molecule has 0 atom stereocenters. The first-order valence-corrected chi connectivity index (χ1v) is 10.9. The third kappa shape index (κ3) is 4.54. The van der Waals surface area contributed by atoms with Gasteiger partial charge >= 0.3 is 5.97 Å². The molecule has 152 valence electrons. The number of hydrogen-bond donors (Lipinski definition) is 0. The van der Waals surface area contributed by atoms with E-state index in [1.807, 2.05) is 0 Å². The minimum absolute atomic E-state index is 0.203. The number of nitrogens with zero attached hydrogens (tertiary/aromatic N) is 3. The van der Waals surface area contributed by atoms with Crippen LogP contribution in [0.15, 0.2) is 53.7 Å². The normalized spacial score (nSPS) is 12.0. The Morgan fingerprint density at radius 3 is 2.10 bits per heavy atom. The fourth-order valence-corrected chi connectivity index (χ4v) is 3.57. The summed E-state index contributed by atoms with van der Waals surface area (Å²) in [6.45, 7) is 5.39. The van der Waals surface area contributed by atoms with Crippen molar-refractivity contribution in [1.29, 1.82) is 0 Å². The lowest BCUT2D eigenvalue weighted by Gasteiger charge is -2.20. The van der Waals surface area contributed by atoms with E-state index in [1.54, 1.807) is 64.5 Å². The zero-order chi connectivity index (χ0) is 21.4. The number of carbonyl (C=O) groups excluding carboxylic acids is 1. The van der Waals surface area contributed by atoms with Crippen LogP contribution in [0.25, 0.3) is 22.4 Å². The zero-order valence-corrected chi connectivity index (χ0v) is 17.8. The third-order valence-corrected chi connectivity index (χ3v) is 5.29. The number of carbonyl (C=O) groups is 1. The van der Waals surface area contributed by atoms with Crippen LogP contribution in [0.3, 0.4) is 0 Å². The van der Waals surface area contributed by atoms with Crippen LogP contribution in [0.2, 0.25) is 0 Å². The average molecular weight is 413 g/mol. The van der Waals surface area contributed by atoms with Crippen molar-refractivity contribution in [2.24, 2.45) is 7.05 Å². The molecule has 0 saturated heterocycles. The van der Waals surface area contributed by atoms with Gasteiger partial charge in [-0.2, -0.15) is 5.10 Å². The summed E-state index contributed by atoms with van der Waals surface area (Å²) in [7, 11) is -1.65. The molecule has 3 rings (SSSR count). The Morgan fingerprint density at radius 2 is 1.59 bits per heavy atom. The molecule has 0 aliphatic rings. The van der Waals surface area contributed by atoms with E-state index >= 15 is 0 Å². The summed E-state index contributed by atoms with van der Waals surface area (Å²) in [6.07, 6.45) is 4.45. The predicted octanol–water partition coefficient (Wildman–Crippen LogP) is 3.51. The van der Waals surface area contributed by atoms with E-state index in [1.165, 1.54) is 16.8 Å². The maximum Gasteiger partial charge on any atom is 0.357 e. The monoisotopic (exact) mass is 413 g/mol. The number of aryl methyl sites for hydroxylation is 1. The Kier molecular flexibility index (Phi) is 5.32. The van der Waals surface area contributed by atoms with E-state index in [4.69, 9.17) is 4.74 Å². The molecule has 0 amide bonds. The van der Waals surface area contributed by atoms with Crippen molar-refractivity contribution >= 4 is 15.8 Å². The van der Waals surface area contributed by atoms with Crippen LogP contribution in [-0.4, -0.2) is 41.0 Å². The predicted molar refractivity (Wildman–Crippen MR) is 110 cm³/mol. The van der Waals surface area contributed by atoms with Gasteiger partial charge in [-0.1, -0.05) is 12.1 Å². The van der Waals surface area contributed by atoms with Gasteiger partial charge in [0.05, 0.1) is 4.90 Å². The molecule has 8 heteroatoms. The van der Waals surface area contributed by atoms with Crippen LogP contribution < -0.4 is 0 Å². The first kappa shape index (κ1) is 20.7. The van der Waals surface area contributed by atoms with Crippen LogP contribution >= 0.6 is 0 Å². The summed E-state index contributed by atoms with van der Waals surface area (Å²) in [6, 6.07) is 9.99. The minimum Gasteiger partial charge on any atom is -0.455 e. The highest BCUT2D eigenvalue weighted by molar-refractivity contribution is 7.90. The molecular formula is C21H23N3O4S. The lowest BCUT2D eigenvalue weighted by Crippen LogP contribution is -2.25. The van der Waals surface area contributed by atoms with Gasteiger partial charge in [-0.15, -0.1) is 0 Å². The Labute approximate surface area is 170 Å². The van der Waals surface area contributed by atoms with E-state index in [2.05, 4.69) is 10.1 Å². The number of pyridine rings is 1. The number of aromatic nitrogens is 3. The number of esters is 1. The smallest absolute Gasteiger partial charge is 0.357 e. The molecule has 0 fully saturated rings. The molecule has 1 aromatic carbocycles. The lowest BCUT2D eigenvalue weighted by atomic mass is 9.99. The molecule has 0 spiro atoms. The van der Waals surface area contributed by atoms with Gasteiger partial charge in [0.15, 0.2) is 15.5 Å². The van der Waals surface area contributed by atoms with Crippen molar-refractivity contribution in [3.63, 3.8) is 0 Å². The van der Waals surface area contributed by atoms with Gasteiger partial charge in [-0.05, 0) is 50.6 Å². The summed E-state index contributed by atoms with van der Waals surface area (Å²) in [5.74, 6) is -0.505. The van der Waals surface area contributed by atoms with Gasteiger partial charge in [0.1, 0.15) is 11.3 Å². The van der Waals surface area contributed by atoms with Crippen LogP contribution in [0.1, 0.15) is 31.3 Å². The SMILES string of the molecule is Cn1nc(-c2ccncc2)c(-c2ccc(S(C)(=O)=O)cc2)c1C(=O)OC(C)(C)C. The summed E-state index contributed by atoms with van der Waals surface area (Å²) in [4.78, 5) is 17.2. The number of ether oxygens (including phenoxy) is 1. The van der Waals surface area contributed by atoms with E-state index in [0.29, 0.717) is 22.5 Å². The van der Waals surface area contributed by atoms with Gasteiger partial charge in [0.2, 0.25) is 0 Å². The van der Waals surface area contributed by atoms with E-state index in [0.717, 1.165) is 11.8 Å². The van der Waals surface area contributed by atoms with Crippen molar-refractivity contribution in [3.05, 3.63) is 54.5 Å². The second-order valence-corrected chi connectivity index (χ2v) is 9.75. The fraction of sp³-hybridized carbons (Fsp3) is 0.286. The van der Waals surface area contributed by atoms with Crippen molar-refractivity contribution < 1.29 is 17.9 Å². The standard InChI is InChI=1S/C21H23N3O4S/c1-21(2,3)28-20(25)19-17(14-6-8-16(9-7-14)29(5,26)27)18(23-24(19)4)15-10-12-22-13-11-15/h6-13H,1-5H3. The second-order valence-electron chi connectivity index (χ2n) is 7.73. The van der Waals surface area contributed by atoms with Crippen molar-refractivity contribution in [2.75, 3.05) is 6.26 Å². The van der Waals surface area contributed by atoms with Gasteiger partial charge in [0, 0.05) is 36.8 Å². The van der Waals surface area contributed by atoms with Gasteiger partial charge in [-0.3, -0.25) is 9.67 Å². The topological polar surface area (TPSA) is 91.1 Å². The number of benzene rings is 1. The quantitative estimate of drug-likeness (QED) is 0.608. The minimum atomic E-state index is -3.33. The number of rotatable bonds is 4. The zero-order valence-electron chi connectivity index (χ0n) is 17.0. The molecule has 2 heterocycles. The first-order valence-electron chi connectivity index (χ1n) is 8.98. The third-order valence-electron chi connectivity index (χ3n) is 4.16. The van der Waals surface area contributed by atoms with E-state index in [9.17, 15) is 13.2 Å². The van der Waals surface area contributed by atoms with Gasteiger partial charge < -0.3 is 4.74 Å². The first-order chi connectivity index (χ1) is 13.5. The maximum atomic E-state index is 13.0. The van der Waals surface area contributed by atoms with Crippen LogP contribution in [-0.2, 0) is 21.6 Å². The number of hydrogen-bond acceptors (Lipinski definition) is 6. The molecule has 7 nitrogen and oxygen atoms in total. The van der Waals surface area contributed by atoms with E-state index in [-0.39, 0.29) is 4.90 Å². The summed E-state index contributed by atoms with van der Waals surface area (Å²) in [5, 5.41) is 4.55. The number of sulfone groups is 1. The molecule has 2 aromatic heterocycles. The molecule has 3 aromatic rings.